The van der Waals surface area contributed by atoms with E-state index in [1.807, 2.05) is 7.05 Å². The summed E-state index contributed by atoms with van der Waals surface area (Å²) in [4.78, 5) is 34.2. The molecule has 0 bridgehead atoms. The van der Waals surface area contributed by atoms with Gasteiger partial charge in [0.25, 0.3) is 0 Å². The first-order valence-electron chi connectivity index (χ1n) is 6.63. The van der Waals surface area contributed by atoms with Crippen molar-refractivity contribution < 1.29 is 4.79 Å². The lowest BCUT2D eigenvalue weighted by atomic mass is 10.3. The lowest BCUT2D eigenvalue weighted by Gasteiger charge is -2.31. The molecule has 0 atom stereocenters. The van der Waals surface area contributed by atoms with Crippen molar-refractivity contribution in [1.29, 1.82) is 0 Å². The van der Waals surface area contributed by atoms with Crippen LogP contribution in [0.1, 0.15) is 0 Å². The van der Waals surface area contributed by atoms with E-state index in [1.165, 1.54) is 0 Å². The van der Waals surface area contributed by atoms with Crippen LogP contribution in [0, 0.1) is 4.91 Å². The molecular formula is C14H14N6O2. The fraction of sp³-hybridized carbons (Fsp3) is 0.214. The van der Waals surface area contributed by atoms with Crippen LogP contribution >= 0.6 is 0 Å². The minimum absolute atomic E-state index is 0.00346. The average molecular weight is 298 g/mol. The second-order valence-electron chi connectivity index (χ2n) is 4.97. The van der Waals surface area contributed by atoms with E-state index < -0.39 is 0 Å². The summed E-state index contributed by atoms with van der Waals surface area (Å²) in [5.74, 6) is 1.10. The van der Waals surface area contributed by atoms with Crippen LogP contribution in [0.15, 0.2) is 35.6 Å². The number of nitroso groups, excluding NO2 is 1. The van der Waals surface area contributed by atoms with Gasteiger partial charge in [-0.3, -0.25) is 4.79 Å². The predicted octanol–water partition coefficient (Wildman–Crippen LogP) is 2.03. The van der Waals surface area contributed by atoms with E-state index in [2.05, 4.69) is 20.5 Å². The Kier molecular flexibility index (Phi) is 3.42. The molecule has 1 aliphatic rings. The molecule has 0 spiro atoms. The normalized spacial score (nSPS) is 13.8. The van der Waals surface area contributed by atoms with E-state index in [4.69, 9.17) is 0 Å². The third-order valence-corrected chi connectivity index (χ3v) is 3.45. The number of benzene rings is 1. The molecule has 8 heteroatoms. The van der Waals surface area contributed by atoms with Gasteiger partial charge >= 0.3 is 0 Å². The highest BCUT2D eigenvalue weighted by Gasteiger charge is 2.26. The van der Waals surface area contributed by atoms with Crippen LogP contribution in [-0.4, -0.2) is 36.5 Å². The predicted molar refractivity (Wildman–Crippen MR) is 83.9 cm³/mol. The lowest BCUT2D eigenvalue weighted by molar-refractivity contribution is -0.117. The van der Waals surface area contributed by atoms with Crippen molar-refractivity contribution >= 4 is 34.7 Å². The highest BCUT2D eigenvalue weighted by atomic mass is 16.3. The highest BCUT2D eigenvalue weighted by molar-refractivity contribution is 6.01. The van der Waals surface area contributed by atoms with Crippen molar-refractivity contribution in [2.45, 2.75) is 0 Å². The summed E-state index contributed by atoms with van der Waals surface area (Å²) in [7, 11) is 3.51. The molecule has 2 heterocycles. The van der Waals surface area contributed by atoms with Crippen LogP contribution in [0.3, 0.4) is 0 Å². The van der Waals surface area contributed by atoms with Crippen LogP contribution in [-0.2, 0) is 4.79 Å². The summed E-state index contributed by atoms with van der Waals surface area (Å²) < 4.78 is 0. The van der Waals surface area contributed by atoms with Gasteiger partial charge in [-0.05, 0) is 29.4 Å². The molecule has 0 aliphatic carbocycles. The molecule has 1 N–H and O–H groups in total. The smallest absolute Gasteiger partial charge is 0.246 e. The largest absolute Gasteiger partial charge is 0.348 e. The molecule has 8 nitrogen and oxygen atoms in total. The molecule has 0 unspecified atom stereocenters. The Morgan fingerprint density at radius 3 is 2.64 bits per heavy atom. The minimum Gasteiger partial charge on any atom is -0.348 e. The third-order valence-electron chi connectivity index (χ3n) is 3.45. The van der Waals surface area contributed by atoms with Crippen LogP contribution in [0.5, 0.6) is 0 Å². The molecule has 3 rings (SSSR count). The second kappa shape index (κ2) is 5.40. The molecule has 1 aromatic carbocycles. The Bertz CT molecular complexity index is 731. The maximum Gasteiger partial charge on any atom is 0.246 e. The quantitative estimate of drug-likeness (QED) is 0.872. The summed E-state index contributed by atoms with van der Waals surface area (Å²) >= 11 is 0. The number of nitrogens with one attached hydrogen (secondary N) is 1. The standard InChI is InChI=1S/C14H14N6O2/c1-19-8-12(21)20(2)11-7-15-14(17-13(11)19)16-9-3-5-10(18-22)6-4-9/h3-7H,8H2,1-2H3,(H,15,16,17). The van der Waals surface area contributed by atoms with E-state index in [0.717, 1.165) is 5.69 Å². The van der Waals surface area contributed by atoms with E-state index in [-0.39, 0.29) is 12.5 Å². The summed E-state index contributed by atoms with van der Waals surface area (Å²) in [5.41, 5.74) is 1.77. The third kappa shape index (κ3) is 2.46. The number of nitrogens with zero attached hydrogens (tertiary/aromatic N) is 5. The number of aromatic nitrogens is 2. The van der Waals surface area contributed by atoms with Crippen LogP contribution < -0.4 is 15.1 Å². The number of fused-ring (bicyclic) bond motifs is 1. The Balaban J connectivity index is 1.88. The number of carbonyl (C=O) groups excluding carboxylic acids is 1. The molecule has 2 aromatic rings. The zero-order chi connectivity index (χ0) is 15.7. The number of carbonyl (C=O) groups is 1. The molecule has 22 heavy (non-hydrogen) atoms. The SMILES string of the molecule is CN1CC(=O)N(C)c2cnc(Nc3ccc(N=O)cc3)nc21. The molecule has 0 saturated heterocycles. The van der Waals surface area contributed by atoms with E-state index in [0.29, 0.717) is 23.1 Å². The first-order valence-corrected chi connectivity index (χ1v) is 6.63. The summed E-state index contributed by atoms with van der Waals surface area (Å²) in [5, 5.41) is 5.90. The Labute approximate surface area is 126 Å². The van der Waals surface area contributed by atoms with E-state index >= 15 is 0 Å². The van der Waals surface area contributed by atoms with Gasteiger partial charge in [0.1, 0.15) is 11.4 Å². The van der Waals surface area contributed by atoms with Gasteiger partial charge in [-0.2, -0.15) is 4.98 Å². The number of anilines is 4. The van der Waals surface area contributed by atoms with Crippen molar-refractivity contribution in [3.63, 3.8) is 0 Å². The zero-order valence-corrected chi connectivity index (χ0v) is 12.1. The first kappa shape index (κ1) is 13.9. The van der Waals surface area contributed by atoms with Gasteiger partial charge in [0, 0.05) is 19.8 Å². The van der Waals surface area contributed by atoms with Crippen molar-refractivity contribution in [1.82, 2.24) is 9.97 Å². The molecular weight excluding hydrogens is 284 g/mol. The number of rotatable bonds is 3. The van der Waals surface area contributed by atoms with Gasteiger partial charge in [-0.15, -0.1) is 4.91 Å². The fourth-order valence-corrected chi connectivity index (χ4v) is 2.20. The zero-order valence-electron chi connectivity index (χ0n) is 12.1. The Morgan fingerprint density at radius 2 is 1.95 bits per heavy atom. The molecule has 0 fully saturated rings. The van der Waals surface area contributed by atoms with Crippen LogP contribution in [0.2, 0.25) is 0 Å². The molecule has 1 amide bonds. The fourth-order valence-electron chi connectivity index (χ4n) is 2.20. The number of hydrogen-bond acceptors (Lipinski definition) is 7. The van der Waals surface area contributed by atoms with Crippen molar-refractivity contribution in [2.75, 3.05) is 35.8 Å². The van der Waals surface area contributed by atoms with Gasteiger partial charge < -0.3 is 15.1 Å². The first-order chi connectivity index (χ1) is 10.6. The topological polar surface area (TPSA) is 90.8 Å². The number of amides is 1. The number of likely N-dealkylation sites (N-methyl/N-ethyl adjacent to an activating group) is 2. The van der Waals surface area contributed by atoms with Crippen molar-refractivity contribution in [3.05, 3.63) is 35.4 Å². The van der Waals surface area contributed by atoms with Gasteiger partial charge in [-0.25, -0.2) is 4.98 Å². The van der Waals surface area contributed by atoms with Gasteiger partial charge in [0.05, 0.1) is 12.7 Å². The second-order valence-corrected chi connectivity index (χ2v) is 4.97. The summed E-state index contributed by atoms with van der Waals surface area (Å²) in [6, 6.07) is 6.65. The van der Waals surface area contributed by atoms with Crippen molar-refractivity contribution in [3.8, 4) is 0 Å². The maximum absolute atomic E-state index is 11.8. The van der Waals surface area contributed by atoms with Gasteiger partial charge in [-0.1, -0.05) is 0 Å². The lowest BCUT2D eigenvalue weighted by Crippen LogP contribution is -2.42. The maximum atomic E-state index is 11.8. The average Bonchev–Trinajstić information content (AvgIpc) is 2.53. The molecule has 0 saturated carbocycles. The summed E-state index contributed by atoms with van der Waals surface area (Å²) in [6.45, 7) is 0.277. The van der Waals surface area contributed by atoms with Crippen LogP contribution in [0.25, 0.3) is 0 Å². The molecule has 1 aliphatic heterocycles. The number of hydrogen-bond donors (Lipinski definition) is 1. The van der Waals surface area contributed by atoms with Crippen molar-refractivity contribution in [2.24, 2.45) is 5.18 Å². The molecule has 1 aromatic heterocycles. The molecule has 0 radical (unpaired) electrons. The van der Waals surface area contributed by atoms with Crippen LogP contribution in [0.4, 0.5) is 28.8 Å². The van der Waals surface area contributed by atoms with E-state index in [9.17, 15) is 9.70 Å². The Morgan fingerprint density at radius 1 is 1.23 bits per heavy atom. The van der Waals surface area contributed by atoms with Gasteiger partial charge in [0.2, 0.25) is 11.9 Å². The minimum atomic E-state index is -0.00346. The highest BCUT2D eigenvalue weighted by Crippen LogP contribution is 2.30. The summed E-state index contributed by atoms with van der Waals surface area (Å²) in [6.07, 6.45) is 1.61. The Hall–Kier alpha value is -3.03. The van der Waals surface area contributed by atoms with Gasteiger partial charge in [0.15, 0.2) is 5.82 Å². The molecule has 112 valence electrons. The monoisotopic (exact) mass is 298 g/mol. The van der Waals surface area contributed by atoms with E-state index in [1.54, 1.807) is 47.3 Å².